The van der Waals surface area contributed by atoms with E-state index in [1.807, 2.05) is 0 Å². The van der Waals surface area contributed by atoms with Crippen LogP contribution in [-0.4, -0.2) is 19.9 Å². The lowest BCUT2D eigenvalue weighted by Crippen LogP contribution is -1.91. The van der Waals surface area contributed by atoms with Gasteiger partial charge in [0.1, 0.15) is 6.33 Å². The molecule has 0 saturated carbocycles. The van der Waals surface area contributed by atoms with E-state index in [0.717, 1.165) is 20.9 Å². The molecule has 2 aromatic heterocycles. The summed E-state index contributed by atoms with van der Waals surface area (Å²) in [6.45, 7) is 0. The Labute approximate surface area is 133 Å². The first-order chi connectivity index (χ1) is 10.2. The molecule has 106 valence electrons. The minimum Gasteiger partial charge on any atom is -0.382 e. The SMILES string of the molecule is Nc1ncnc2[nH]c(Sc3cc4c(cc3Br)CCC4)nc12. The number of nitrogens with two attached hydrogens (primary N) is 1. The maximum Gasteiger partial charge on any atom is 0.172 e. The molecule has 0 bridgehead atoms. The number of hydrogen-bond acceptors (Lipinski definition) is 5. The van der Waals surface area contributed by atoms with E-state index in [1.165, 1.54) is 30.3 Å². The minimum absolute atomic E-state index is 0.399. The summed E-state index contributed by atoms with van der Waals surface area (Å²) in [6, 6.07) is 4.47. The fourth-order valence-corrected chi connectivity index (χ4v) is 4.11. The molecule has 0 aliphatic heterocycles. The summed E-state index contributed by atoms with van der Waals surface area (Å²) in [5.74, 6) is 0.399. The van der Waals surface area contributed by atoms with Crippen molar-refractivity contribution < 1.29 is 0 Å². The number of nitrogen functional groups attached to an aromatic ring is 1. The van der Waals surface area contributed by atoms with Crippen LogP contribution in [0.15, 0.2) is 33.0 Å². The van der Waals surface area contributed by atoms with Gasteiger partial charge in [0.25, 0.3) is 0 Å². The van der Waals surface area contributed by atoms with Gasteiger partial charge in [0.2, 0.25) is 0 Å². The largest absolute Gasteiger partial charge is 0.382 e. The lowest BCUT2D eigenvalue weighted by molar-refractivity contribution is 0.911. The summed E-state index contributed by atoms with van der Waals surface area (Å²) < 4.78 is 1.10. The van der Waals surface area contributed by atoms with Crippen LogP contribution in [0.5, 0.6) is 0 Å². The third kappa shape index (κ3) is 2.30. The topological polar surface area (TPSA) is 80.5 Å². The zero-order valence-electron chi connectivity index (χ0n) is 11.1. The Balaban J connectivity index is 1.73. The molecule has 3 N–H and O–H groups in total. The number of rotatable bonds is 2. The molecule has 0 radical (unpaired) electrons. The van der Waals surface area contributed by atoms with Gasteiger partial charge in [0.15, 0.2) is 22.1 Å². The van der Waals surface area contributed by atoms with Gasteiger partial charge in [-0.25, -0.2) is 15.0 Å². The molecule has 21 heavy (non-hydrogen) atoms. The highest BCUT2D eigenvalue weighted by atomic mass is 79.9. The van der Waals surface area contributed by atoms with Crippen LogP contribution in [0.2, 0.25) is 0 Å². The molecule has 7 heteroatoms. The molecule has 0 saturated heterocycles. The van der Waals surface area contributed by atoms with E-state index in [9.17, 15) is 0 Å². The number of H-pyrrole nitrogens is 1. The monoisotopic (exact) mass is 361 g/mol. The standard InChI is InChI=1S/C14H12BrN5S/c15-9-4-7-2-1-3-8(7)5-10(9)21-14-19-11-12(16)17-6-18-13(11)20-14/h4-6H,1-3H2,(H3,16,17,18,19,20). The number of imidazole rings is 1. The molecule has 0 spiro atoms. The maximum absolute atomic E-state index is 5.81. The summed E-state index contributed by atoms with van der Waals surface area (Å²) in [7, 11) is 0. The number of nitrogens with one attached hydrogen (secondary N) is 1. The van der Waals surface area contributed by atoms with E-state index in [-0.39, 0.29) is 0 Å². The van der Waals surface area contributed by atoms with E-state index in [1.54, 1.807) is 11.8 Å². The molecule has 0 amide bonds. The fraction of sp³-hybridized carbons (Fsp3) is 0.214. The van der Waals surface area contributed by atoms with Crippen molar-refractivity contribution in [3.63, 3.8) is 0 Å². The average molecular weight is 362 g/mol. The molecule has 2 heterocycles. The Morgan fingerprint density at radius 1 is 1.19 bits per heavy atom. The fourth-order valence-electron chi connectivity index (χ4n) is 2.63. The maximum atomic E-state index is 5.81. The summed E-state index contributed by atoms with van der Waals surface area (Å²) >= 11 is 5.23. The van der Waals surface area contributed by atoms with Gasteiger partial charge in [-0.05, 0) is 58.5 Å². The number of nitrogens with zero attached hydrogens (tertiary/aromatic N) is 3. The Kier molecular flexibility index (Phi) is 3.11. The van der Waals surface area contributed by atoms with E-state index < -0.39 is 0 Å². The molecule has 5 nitrogen and oxygen atoms in total. The van der Waals surface area contributed by atoms with E-state index in [0.29, 0.717) is 17.0 Å². The molecule has 0 unspecified atom stereocenters. The lowest BCUT2D eigenvalue weighted by atomic mass is 10.1. The van der Waals surface area contributed by atoms with Gasteiger partial charge in [-0.2, -0.15) is 0 Å². The highest BCUT2D eigenvalue weighted by Gasteiger charge is 2.16. The molecule has 0 fully saturated rings. The smallest absolute Gasteiger partial charge is 0.172 e. The highest BCUT2D eigenvalue weighted by molar-refractivity contribution is 9.10. The van der Waals surface area contributed by atoms with Crippen molar-refractivity contribution in [2.75, 3.05) is 5.73 Å². The van der Waals surface area contributed by atoms with E-state index in [2.05, 4.69) is 48.0 Å². The number of aryl methyl sites for hydroxylation is 2. The van der Waals surface area contributed by atoms with Crippen LogP contribution in [0, 0.1) is 0 Å². The van der Waals surface area contributed by atoms with Crippen molar-refractivity contribution in [3.8, 4) is 0 Å². The summed E-state index contributed by atoms with van der Waals surface area (Å²) in [6.07, 6.45) is 5.02. The molecule has 1 aliphatic carbocycles. The number of benzene rings is 1. The molecule has 1 aromatic carbocycles. The van der Waals surface area contributed by atoms with Gasteiger partial charge >= 0.3 is 0 Å². The van der Waals surface area contributed by atoms with Crippen molar-refractivity contribution in [1.82, 2.24) is 19.9 Å². The summed E-state index contributed by atoms with van der Waals surface area (Å²) in [5.41, 5.74) is 10.00. The molecule has 0 atom stereocenters. The summed E-state index contributed by atoms with van der Waals surface area (Å²) in [4.78, 5) is 16.9. The lowest BCUT2D eigenvalue weighted by Gasteiger charge is -2.06. The molecule has 4 rings (SSSR count). The van der Waals surface area contributed by atoms with Crippen LogP contribution < -0.4 is 5.73 Å². The van der Waals surface area contributed by atoms with Crippen LogP contribution in [0.4, 0.5) is 5.82 Å². The van der Waals surface area contributed by atoms with Crippen LogP contribution in [-0.2, 0) is 12.8 Å². The van der Waals surface area contributed by atoms with E-state index >= 15 is 0 Å². The normalized spacial score (nSPS) is 13.8. The second-order valence-electron chi connectivity index (χ2n) is 5.01. The van der Waals surface area contributed by atoms with E-state index in [4.69, 9.17) is 5.73 Å². The second kappa shape index (κ2) is 4.99. The third-order valence-corrected chi connectivity index (χ3v) is 5.51. The van der Waals surface area contributed by atoms with Gasteiger partial charge in [-0.15, -0.1) is 0 Å². The Morgan fingerprint density at radius 2 is 2.00 bits per heavy atom. The average Bonchev–Trinajstić information content (AvgIpc) is 3.06. The molecule has 3 aromatic rings. The zero-order valence-corrected chi connectivity index (χ0v) is 13.5. The third-order valence-electron chi connectivity index (χ3n) is 3.64. The first-order valence-electron chi connectivity index (χ1n) is 6.66. The van der Waals surface area contributed by atoms with Crippen molar-refractivity contribution in [1.29, 1.82) is 0 Å². The Morgan fingerprint density at radius 3 is 2.81 bits per heavy atom. The minimum atomic E-state index is 0.399. The summed E-state index contributed by atoms with van der Waals surface area (Å²) in [5, 5.41) is 0.774. The van der Waals surface area contributed by atoms with Crippen LogP contribution in [0.3, 0.4) is 0 Å². The first-order valence-corrected chi connectivity index (χ1v) is 8.27. The van der Waals surface area contributed by atoms with Gasteiger partial charge in [-0.3, -0.25) is 0 Å². The van der Waals surface area contributed by atoms with Gasteiger partial charge < -0.3 is 10.7 Å². The predicted molar refractivity (Wildman–Crippen MR) is 86.4 cm³/mol. The zero-order chi connectivity index (χ0) is 14.4. The van der Waals surface area contributed by atoms with Crippen molar-refractivity contribution >= 4 is 44.7 Å². The van der Waals surface area contributed by atoms with Crippen LogP contribution in [0.1, 0.15) is 17.5 Å². The number of halogens is 1. The van der Waals surface area contributed by atoms with Gasteiger partial charge in [-0.1, -0.05) is 11.8 Å². The number of fused-ring (bicyclic) bond motifs is 2. The molecular weight excluding hydrogens is 350 g/mol. The highest BCUT2D eigenvalue weighted by Crippen LogP contribution is 2.37. The molecule has 1 aliphatic rings. The Hall–Kier alpha value is -1.60. The van der Waals surface area contributed by atoms with Gasteiger partial charge in [0.05, 0.1) is 0 Å². The van der Waals surface area contributed by atoms with Crippen LogP contribution >= 0.6 is 27.7 Å². The number of anilines is 1. The van der Waals surface area contributed by atoms with Crippen molar-refractivity contribution in [2.24, 2.45) is 0 Å². The number of aromatic amines is 1. The predicted octanol–water partition coefficient (Wildman–Crippen LogP) is 3.34. The van der Waals surface area contributed by atoms with Crippen LogP contribution in [0.25, 0.3) is 11.2 Å². The quantitative estimate of drug-likeness (QED) is 0.731. The van der Waals surface area contributed by atoms with Crippen molar-refractivity contribution in [3.05, 3.63) is 34.1 Å². The number of aromatic nitrogens is 4. The van der Waals surface area contributed by atoms with Crippen molar-refractivity contribution in [2.45, 2.75) is 29.3 Å². The molecular formula is C14H12BrN5S. The second-order valence-corrected chi connectivity index (χ2v) is 6.89. The van der Waals surface area contributed by atoms with Gasteiger partial charge in [0, 0.05) is 9.37 Å². The Bertz CT molecular complexity index is 845. The number of hydrogen-bond donors (Lipinski definition) is 2. The first kappa shape index (κ1) is 13.1.